The molecule has 0 aromatic carbocycles. The molecule has 0 aromatic heterocycles. The summed E-state index contributed by atoms with van der Waals surface area (Å²) in [6.45, 7) is 6.70. The molecule has 5 heteroatoms. The molecule has 5 nitrogen and oxygen atoms in total. The van der Waals surface area contributed by atoms with Gasteiger partial charge in [0.2, 0.25) is 11.8 Å². The van der Waals surface area contributed by atoms with Gasteiger partial charge < -0.3 is 16.4 Å². The van der Waals surface area contributed by atoms with Gasteiger partial charge >= 0.3 is 0 Å². The summed E-state index contributed by atoms with van der Waals surface area (Å²) in [6, 6.07) is -0.416. The van der Waals surface area contributed by atoms with Crippen molar-refractivity contribution in [2.24, 2.45) is 17.6 Å². The number of nitrogens with one attached hydrogen (secondary N) is 2. The number of amides is 2. The summed E-state index contributed by atoms with van der Waals surface area (Å²) < 4.78 is 0. The Morgan fingerprint density at radius 3 is 2.53 bits per heavy atom. The van der Waals surface area contributed by atoms with Crippen molar-refractivity contribution in [2.45, 2.75) is 45.7 Å². The Balaban J connectivity index is 2.60. The van der Waals surface area contributed by atoms with Crippen LogP contribution in [-0.4, -0.2) is 30.4 Å². The topological polar surface area (TPSA) is 84.2 Å². The molecule has 3 unspecified atom stereocenters. The highest BCUT2D eigenvalue weighted by Gasteiger charge is 2.30. The van der Waals surface area contributed by atoms with Gasteiger partial charge in [0.25, 0.3) is 0 Å². The predicted molar refractivity (Wildman–Crippen MR) is 66.2 cm³/mol. The summed E-state index contributed by atoms with van der Waals surface area (Å²) in [6.07, 6.45) is 1.86. The molecule has 3 atom stereocenters. The van der Waals surface area contributed by atoms with E-state index < -0.39 is 11.9 Å². The molecule has 17 heavy (non-hydrogen) atoms. The van der Waals surface area contributed by atoms with E-state index in [2.05, 4.69) is 10.6 Å². The van der Waals surface area contributed by atoms with Gasteiger partial charge in [-0.25, -0.2) is 0 Å². The molecule has 0 aromatic rings. The Labute approximate surface area is 103 Å². The maximum absolute atomic E-state index is 12.1. The molecule has 98 valence electrons. The molecule has 1 saturated heterocycles. The molecular weight excluding hydrogens is 218 g/mol. The van der Waals surface area contributed by atoms with Gasteiger partial charge in [0.1, 0.15) is 6.04 Å². The summed E-state index contributed by atoms with van der Waals surface area (Å²) in [7, 11) is 0. The van der Waals surface area contributed by atoms with Crippen LogP contribution in [0.1, 0.15) is 33.6 Å². The van der Waals surface area contributed by atoms with Crippen LogP contribution in [0.25, 0.3) is 0 Å². The maximum atomic E-state index is 12.1. The lowest BCUT2D eigenvalue weighted by atomic mass is 9.90. The lowest BCUT2D eigenvalue weighted by Crippen LogP contribution is -2.53. The summed E-state index contributed by atoms with van der Waals surface area (Å²) >= 11 is 0. The van der Waals surface area contributed by atoms with Crippen LogP contribution in [-0.2, 0) is 9.59 Å². The van der Waals surface area contributed by atoms with Crippen LogP contribution in [0.5, 0.6) is 0 Å². The van der Waals surface area contributed by atoms with Gasteiger partial charge in [-0.05, 0) is 32.2 Å². The molecule has 1 rings (SSSR count). The summed E-state index contributed by atoms with van der Waals surface area (Å²) in [5, 5.41) is 6.03. The van der Waals surface area contributed by atoms with Crippen molar-refractivity contribution < 1.29 is 9.59 Å². The van der Waals surface area contributed by atoms with E-state index in [1.54, 1.807) is 0 Å². The summed E-state index contributed by atoms with van der Waals surface area (Å²) in [5.74, 6) is -0.584. The number of hydrogen-bond donors (Lipinski definition) is 3. The van der Waals surface area contributed by atoms with Gasteiger partial charge in [0.05, 0.1) is 5.92 Å². The van der Waals surface area contributed by atoms with E-state index in [0.717, 1.165) is 19.4 Å². The fraction of sp³-hybridized carbons (Fsp3) is 0.833. The highest BCUT2D eigenvalue weighted by Crippen LogP contribution is 2.17. The lowest BCUT2D eigenvalue weighted by Gasteiger charge is -2.30. The van der Waals surface area contributed by atoms with Crippen molar-refractivity contribution in [1.29, 1.82) is 0 Å². The Bertz CT molecular complexity index is 291. The van der Waals surface area contributed by atoms with E-state index in [9.17, 15) is 9.59 Å². The average molecular weight is 241 g/mol. The van der Waals surface area contributed by atoms with Crippen LogP contribution in [0.2, 0.25) is 0 Å². The molecule has 2 amide bonds. The molecular formula is C12H23N3O2. The van der Waals surface area contributed by atoms with Crippen LogP contribution in [0, 0.1) is 11.8 Å². The minimum atomic E-state index is -0.573. The zero-order chi connectivity index (χ0) is 13.0. The molecule has 4 N–H and O–H groups in total. The van der Waals surface area contributed by atoms with E-state index >= 15 is 0 Å². The average Bonchev–Trinajstić information content (AvgIpc) is 2.25. The Morgan fingerprint density at radius 1 is 1.41 bits per heavy atom. The Kier molecular flexibility index (Phi) is 4.93. The van der Waals surface area contributed by atoms with Crippen LogP contribution in [0.15, 0.2) is 0 Å². The summed E-state index contributed by atoms with van der Waals surface area (Å²) in [5.41, 5.74) is 5.28. The number of carbonyl (C=O) groups excluding carboxylic acids is 2. The normalized spacial score (nSPS) is 26.6. The van der Waals surface area contributed by atoms with Crippen molar-refractivity contribution >= 4 is 11.8 Å². The van der Waals surface area contributed by atoms with E-state index in [1.807, 2.05) is 20.8 Å². The predicted octanol–water partition coefficient (Wildman–Crippen LogP) is 0.000600. The minimum absolute atomic E-state index is 0.0169. The molecule has 0 saturated carbocycles. The van der Waals surface area contributed by atoms with Crippen molar-refractivity contribution in [3.8, 4) is 0 Å². The van der Waals surface area contributed by atoms with Gasteiger partial charge in [0, 0.05) is 6.04 Å². The molecule has 0 bridgehead atoms. The van der Waals surface area contributed by atoms with E-state index in [0.29, 0.717) is 0 Å². The molecule has 1 heterocycles. The van der Waals surface area contributed by atoms with Crippen LogP contribution >= 0.6 is 0 Å². The standard InChI is InChI=1S/C12H23N3O2/c1-7(2)10(11(13)16)15-12(17)9-5-4-6-14-8(9)3/h7-10,14H,4-6H2,1-3H3,(H2,13,16)(H,15,17). The van der Waals surface area contributed by atoms with Crippen molar-refractivity contribution in [2.75, 3.05) is 6.54 Å². The third-order valence-corrected chi connectivity index (χ3v) is 3.37. The van der Waals surface area contributed by atoms with Crippen LogP contribution < -0.4 is 16.4 Å². The number of carbonyl (C=O) groups is 2. The fourth-order valence-electron chi connectivity index (χ4n) is 2.23. The second-order valence-corrected chi connectivity index (χ2v) is 5.12. The van der Waals surface area contributed by atoms with Crippen molar-refractivity contribution in [1.82, 2.24) is 10.6 Å². The molecule has 1 fully saturated rings. The molecule has 0 spiro atoms. The largest absolute Gasteiger partial charge is 0.368 e. The second-order valence-electron chi connectivity index (χ2n) is 5.12. The first-order valence-corrected chi connectivity index (χ1v) is 6.26. The number of nitrogens with two attached hydrogens (primary N) is 1. The Hall–Kier alpha value is -1.10. The van der Waals surface area contributed by atoms with E-state index in [-0.39, 0.29) is 23.8 Å². The quantitative estimate of drug-likeness (QED) is 0.648. The van der Waals surface area contributed by atoms with Gasteiger partial charge in [-0.1, -0.05) is 13.8 Å². The zero-order valence-corrected chi connectivity index (χ0v) is 10.8. The third-order valence-electron chi connectivity index (χ3n) is 3.37. The van der Waals surface area contributed by atoms with Gasteiger partial charge in [-0.15, -0.1) is 0 Å². The van der Waals surface area contributed by atoms with Crippen LogP contribution in [0.3, 0.4) is 0 Å². The monoisotopic (exact) mass is 241 g/mol. The van der Waals surface area contributed by atoms with Gasteiger partial charge in [0.15, 0.2) is 0 Å². The summed E-state index contributed by atoms with van der Waals surface area (Å²) in [4.78, 5) is 23.3. The number of primary amides is 1. The van der Waals surface area contributed by atoms with Gasteiger partial charge in [-0.2, -0.15) is 0 Å². The second kappa shape index (κ2) is 6.00. The molecule has 1 aliphatic heterocycles. The smallest absolute Gasteiger partial charge is 0.240 e. The fourth-order valence-corrected chi connectivity index (χ4v) is 2.23. The first-order chi connectivity index (χ1) is 7.93. The minimum Gasteiger partial charge on any atom is -0.368 e. The highest BCUT2D eigenvalue weighted by atomic mass is 16.2. The molecule has 1 aliphatic rings. The van der Waals surface area contributed by atoms with E-state index in [1.165, 1.54) is 0 Å². The van der Waals surface area contributed by atoms with Crippen LogP contribution in [0.4, 0.5) is 0 Å². The maximum Gasteiger partial charge on any atom is 0.240 e. The molecule has 0 radical (unpaired) electrons. The first kappa shape index (κ1) is 14.0. The zero-order valence-electron chi connectivity index (χ0n) is 10.8. The number of rotatable bonds is 4. The van der Waals surface area contributed by atoms with Crippen molar-refractivity contribution in [3.63, 3.8) is 0 Å². The van der Waals surface area contributed by atoms with Gasteiger partial charge in [-0.3, -0.25) is 9.59 Å². The number of piperidine rings is 1. The van der Waals surface area contributed by atoms with E-state index in [4.69, 9.17) is 5.73 Å². The number of hydrogen-bond acceptors (Lipinski definition) is 3. The first-order valence-electron chi connectivity index (χ1n) is 6.26. The Morgan fingerprint density at radius 2 is 2.06 bits per heavy atom. The van der Waals surface area contributed by atoms with Crippen molar-refractivity contribution in [3.05, 3.63) is 0 Å². The SMILES string of the molecule is CC(C)C(NC(=O)C1CCCNC1C)C(N)=O. The highest BCUT2D eigenvalue weighted by molar-refractivity contribution is 5.88. The third kappa shape index (κ3) is 3.70. The molecule has 0 aliphatic carbocycles. The lowest BCUT2D eigenvalue weighted by molar-refractivity contribution is -0.131.